The Morgan fingerprint density at radius 2 is 1.37 bits per heavy atom. The fourth-order valence-corrected chi connectivity index (χ4v) is 3.45. The lowest BCUT2D eigenvalue weighted by molar-refractivity contribution is -0.155. The minimum absolute atomic E-state index is 0.0268. The maximum absolute atomic E-state index is 12.1. The van der Waals surface area contributed by atoms with Gasteiger partial charge in [0.25, 0.3) is 0 Å². The van der Waals surface area contributed by atoms with E-state index in [0.29, 0.717) is 6.54 Å². The van der Waals surface area contributed by atoms with Crippen LogP contribution in [-0.2, 0) is 14.4 Å². The van der Waals surface area contributed by atoms with E-state index in [1.165, 1.54) is 77.0 Å². The van der Waals surface area contributed by atoms with E-state index in [1.807, 2.05) is 0 Å². The first kappa shape index (κ1) is 28.6. The third-order valence-electron chi connectivity index (χ3n) is 5.36. The number of carboxylic acids is 1. The molecule has 0 amide bonds. The second kappa shape index (κ2) is 20.9. The summed E-state index contributed by atoms with van der Waals surface area (Å²) in [5.74, 6) is -2.26. The fourth-order valence-electron chi connectivity index (χ4n) is 3.45. The lowest BCUT2D eigenvalue weighted by Gasteiger charge is -2.14. The number of unbranched alkanes of at least 4 members (excludes halogenated alkanes) is 13. The molecule has 0 spiro atoms. The van der Waals surface area contributed by atoms with Crippen LogP contribution in [0.25, 0.3) is 0 Å². The molecule has 6 heteroatoms. The molecular formula is C24H46N2O4. The van der Waals surface area contributed by atoms with Gasteiger partial charge < -0.3 is 15.7 Å². The van der Waals surface area contributed by atoms with Crippen LogP contribution in [0.3, 0.4) is 0 Å². The molecule has 1 unspecified atom stereocenters. The van der Waals surface area contributed by atoms with Crippen LogP contribution in [0.5, 0.6) is 0 Å². The number of carbonyl (C=O) groups excluding carboxylic acids is 1. The van der Waals surface area contributed by atoms with E-state index in [0.717, 1.165) is 12.8 Å². The highest BCUT2D eigenvalue weighted by Crippen LogP contribution is 2.13. The summed E-state index contributed by atoms with van der Waals surface area (Å²) in [6.45, 7) is 4.64. The molecule has 0 rings (SSSR count). The van der Waals surface area contributed by atoms with Crippen molar-refractivity contribution in [3.63, 3.8) is 0 Å². The quantitative estimate of drug-likeness (QED) is 0.127. The lowest BCUT2D eigenvalue weighted by Crippen LogP contribution is -2.35. The third-order valence-corrected chi connectivity index (χ3v) is 5.36. The summed E-state index contributed by atoms with van der Waals surface area (Å²) in [5, 5.41) is 8.89. The maximum Gasteiger partial charge on any atom is 0.331 e. The van der Waals surface area contributed by atoms with Crippen molar-refractivity contribution in [1.82, 2.24) is 5.48 Å². The molecule has 176 valence electrons. The van der Waals surface area contributed by atoms with E-state index in [1.54, 1.807) is 19.1 Å². The number of aliphatic carboxylic acids is 1. The highest BCUT2D eigenvalue weighted by molar-refractivity contribution is 5.77. The molecule has 4 N–H and O–H groups in total. The molecule has 6 nitrogen and oxygen atoms in total. The first-order valence-corrected chi connectivity index (χ1v) is 12.1. The van der Waals surface area contributed by atoms with Gasteiger partial charge in [-0.1, -0.05) is 103 Å². The van der Waals surface area contributed by atoms with Gasteiger partial charge in [-0.3, -0.25) is 4.79 Å². The molecule has 0 aliphatic heterocycles. The van der Waals surface area contributed by atoms with Crippen molar-refractivity contribution < 1.29 is 19.5 Å². The number of nitrogens with two attached hydrogens (primary N) is 1. The van der Waals surface area contributed by atoms with Gasteiger partial charge in [0.05, 0.1) is 5.92 Å². The van der Waals surface area contributed by atoms with Crippen LogP contribution in [0.2, 0.25) is 0 Å². The second-order valence-corrected chi connectivity index (χ2v) is 8.22. The summed E-state index contributed by atoms with van der Waals surface area (Å²) >= 11 is 0. The Labute approximate surface area is 184 Å². The van der Waals surface area contributed by atoms with Gasteiger partial charge in [-0.25, -0.2) is 4.79 Å². The van der Waals surface area contributed by atoms with Gasteiger partial charge >= 0.3 is 11.9 Å². The Bertz CT molecular complexity index is 454. The Balaban J connectivity index is 3.53. The average molecular weight is 427 g/mol. The van der Waals surface area contributed by atoms with E-state index >= 15 is 0 Å². The summed E-state index contributed by atoms with van der Waals surface area (Å²) in [6.07, 6.45) is 21.6. The average Bonchev–Trinajstić information content (AvgIpc) is 2.72. The second-order valence-electron chi connectivity index (χ2n) is 8.22. The molecule has 0 aromatic heterocycles. The molecule has 0 saturated heterocycles. The SMILES string of the molecule is CC=CC(C[C@H](N)C(=O)O)C(=O)ONCCCCCCCCCCCCCCCC. The molecule has 30 heavy (non-hydrogen) atoms. The van der Waals surface area contributed by atoms with Crippen LogP contribution >= 0.6 is 0 Å². The Kier molecular flexibility index (Phi) is 19.9. The topological polar surface area (TPSA) is 102 Å². The van der Waals surface area contributed by atoms with Gasteiger partial charge in [-0.2, -0.15) is 5.48 Å². The van der Waals surface area contributed by atoms with E-state index in [4.69, 9.17) is 15.7 Å². The molecule has 0 aromatic carbocycles. The number of carboxylic acid groups (broad SMARTS) is 1. The van der Waals surface area contributed by atoms with Gasteiger partial charge in [0, 0.05) is 6.54 Å². The molecule has 0 saturated carbocycles. The summed E-state index contributed by atoms with van der Waals surface area (Å²) in [6, 6.07) is -1.08. The van der Waals surface area contributed by atoms with Crippen LogP contribution in [0.15, 0.2) is 12.2 Å². The van der Waals surface area contributed by atoms with Crippen molar-refractivity contribution in [3.8, 4) is 0 Å². The van der Waals surface area contributed by atoms with Crippen LogP contribution < -0.4 is 11.2 Å². The number of nitrogens with one attached hydrogen (secondary N) is 1. The Morgan fingerprint density at radius 3 is 1.80 bits per heavy atom. The summed E-state index contributed by atoms with van der Waals surface area (Å²) < 4.78 is 0. The van der Waals surface area contributed by atoms with E-state index in [9.17, 15) is 9.59 Å². The number of allylic oxidation sites excluding steroid dienone is 1. The molecule has 0 aliphatic carbocycles. The van der Waals surface area contributed by atoms with Crippen molar-refractivity contribution in [3.05, 3.63) is 12.2 Å². The smallest absolute Gasteiger partial charge is 0.331 e. The van der Waals surface area contributed by atoms with Crippen LogP contribution in [0, 0.1) is 5.92 Å². The molecule has 0 fully saturated rings. The van der Waals surface area contributed by atoms with Crippen LogP contribution in [0.1, 0.15) is 110 Å². The van der Waals surface area contributed by atoms with E-state index in [-0.39, 0.29) is 6.42 Å². The normalized spacial score (nSPS) is 13.4. The van der Waals surface area contributed by atoms with E-state index < -0.39 is 23.9 Å². The highest BCUT2D eigenvalue weighted by atomic mass is 16.7. The fraction of sp³-hybridized carbons (Fsp3) is 0.833. The number of hydrogen-bond acceptors (Lipinski definition) is 5. The molecule has 0 aliphatic rings. The van der Waals surface area contributed by atoms with Crippen LogP contribution in [0.4, 0.5) is 0 Å². The van der Waals surface area contributed by atoms with Gasteiger partial charge in [0.2, 0.25) is 0 Å². The van der Waals surface area contributed by atoms with Gasteiger partial charge in [-0.15, -0.1) is 0 Å². The molecule has 0 bridgehead atoms. The number of rotatable bonds is 21. The first-order valence-electron chi connectivity index (χ1n) is 12.1. The van der Waals surface area contributed by atoms with Crippen LogP contribution in [-0.4, -0.2) is 29.6 Å². The van der Waals surface area contributed by atoms with Crippen molar-refractivity contribution >= 4 is 11.9 Å². The zero-order chi connectivity index (χ0) is 22.5. The molecule has 0 radical (unpaired) electrons. The van der Waals surface area contributed by atoms with Crippen molar-refractivity contribution in [2.24, 2.45) is 11.7 Å². The van der Waals surface area contributed by atoms with Gasteiger partial charge in [0.1, 0.15) is 6.04 Å². The zero-order valence-corrected chi connectivity index (χ0v) is 19.4. The largest absolute Gasteiger partial charge is 0.480 e. The minimum Gasteiger partial charge on any atom is -0.480 e. The molecule has 2 atom stereocenters. The predicted molar refractivity (Wildman–Crippen MR) is 123 cm³/mol. The number of hydrogen-bond donors (Lipinski definition) is 3. The zero-order valence-electron chi connectivity index (χ0n) is 19.4. The predicted octanol–water partition coefficient (Wildman–Crippen LogP) is 5.51. The highest BCUT2D eigenvalue weighted by Gasteiger charge is 2.23. The third kappa shape index (κ3) is 17.5. The van der Waals surface area contributed by atoms with Crippen molar-refractivity contribution in [2.45, 2.75) is 116 Å². The maximum atomic E-state index is 12.1. The summed E-state index contributed by atoms with van der Waals surface area (Å²) in [5.41, 5.74) is 8.21. The summed E-state index contributed by atoms with van der Waals surface area (Å²) in [4.78, 5) is 28.0. The lowest BCUT2D eigenvalue weighted by atomic mass is 10.00. The standard InChI is InChI=1S/C24H46N2O4/c1-3-5-6-7-8-9-10-11-12-13-14-15-16-17-19-26-30-24(29)21(18-4-2)20-22(25)23(27)28/h4,18,21-22,26H,3,5-17,19-20,25H2,1-2H3,(H,27,28)/t21?,22-/m0/s1. The molecular weight excluding hydrogens is 380 g/mol. The molecule has 0 aromatic rings. The van der Waals surface area contributed by atoms with Crippen molar-refractivity contribution in [1.29, 1.82) is 0 Å². The summed E-state index contributed by atoms with van der Waals surface area (Å²) in [7, 11) is 0. The van der Waals surface area contributed by atoms with Crippen molar-refractivity contribution in [2.75, 3.05) is 6.54 Å². The van der Waals surface area contributed by atoms with E-state index in [2.05, 4.69) is 12.4 Å². The minimum atomic E-state index is -1.12. The van der Waals surface area contributed by atoms with Gasteiger partial charge in [-0.05, 0) is 19.8 Å². The Morgan fingerprint density at radius 1 is 0.900 bits per heavy atom. The monoisotopic (exact) mass is 426 g/mol. The number of hydroxylamine groups is 1. The Hall–Kier alpha value is -1.40. The van der Waals surface area contributed by atoms with Gasteiger partial charge in [0.15, 0.2) is 0 Å². The number of carbonyl (C=O) groups is 2. The first-order chi connectivity index (χ1) is 14.5. The molecule has 0 heterocycles.